The van der Waals surface area contributed by atoms with Crippen LogP contribution in [0.3, 0.4) is 0 Å². The molecule has 4 rings (SSSR count). The van der Waals surface area contributed by atoms with E-state index in [4.69, 9.17) is 15.3 Å². The van der Waals surface area contributed by atoms with Gasteiger partial charge < -0.3 is 20.4 Å². The lowest BCUT2D eigenvalue weighted by atomic mass is 9.81. The summed E-state index contributed by atoms with van der Waals surface area (Å²) in [4.78, 5) is 17.1. The van der Waals surface area contributed by atoms with Crippen LogP contribution in [0.1, 0.15) is 75.7 Å². The summed E-state index contributed by atoms with van der Waals surface area (Å²) < 4.78 is 40.8. The lowest BCUT2D eigenvalue weighted by molar-refractivity contribution is -0.156. The van der Waals surface area contributed by atoms with E-state index in [-0.39, 0.29) is 36.7 Å². The monoisotopic (exact) mass is 598 g/mol. The summed E-state index contributed by atoms with van der Waals surface area (Å²) in [6.07, 6.45) is 5.97. The van der Waals surface area contributed by atoms with Crippen LogP contribution in [0.25, 0.3) is 0 Å². The first-order chi connectivity index (χ1) is 19.9. The molecule has 2 aromatic carbocycles. The number of rotatable bonds is 10. The summed E-state index contributed by atoms with van der Waals surface area (Å²) in [5.41, 5.74) is 1.32. The standard InChI is InChI=1S/C31H42N4O6S/c1-21-14-15-23(16-24(21)19-35-18-22(2)41-27-12-8-9-13-28(27)42(35,38)39)29(31(3,4)30(36)37)40-20-26(34-32)17-33-25-10-6-5-7-11-25/h8-9,12-17,22,25,29H,5-7,10-11,18-20,32H2,1-4H3,(H,36,37)/t22-,29?/m1/s1. The zero-order valence-electron chi connectivity index (χ0n) is 24.8. The molecule has 1 unspecified atom stereocenters. The molecule has 42 heavy (non-hydrogen) atoms. The second-order valence-corrected chi connectivity index (χ2v) is 13.7. The zero-order chi connectivity index (χ0) is 30.5. The maximum Gasteiger partial charge on any atom is 0.312 e. The van der Waals surface area contributed by atoms with Crippen molar-refractivity contribution < 1.29 is 27.8 Å². The topological polar surface area (TPSA) is 144 Å². The number of aliphatic imine (C=N–C) groups is 1. The number of fused-ring (bicyclic) bond motifs is 1. The van der Waals surface area contributed by atoms with Crippen molar-refractivity contribution in [3.8, 4) is 5.75 Å². The van der Waals surface area contributed by atoms with Gasteiger partial charge in [0.1, 0.15) is 22.5 Å². The highest BCUT2D eigenvalue weighted by atomic mass is 32.2. The van der Waals surface area contributed by atoms with Crippen LogP contribution in [0.15, 0.2) is 57.5 Å². The van der Waals surface area contributed by atoms with E-state index in [0.29, 0.717) is 17.0 Å². The Bertz CT molecular complexity index is 1430. The van der Waals surface area contributed by atoms with Gasteiger partial charge in [0.05, 0.1) is 24.7 Å². The number of carboxylic acid groups (broad SMARTS) is 1. The fourth-order valence-electron chi connectivity index (χ4n) is 5.43. The average molecular weight is 599 g/mol. The molecule has 0 amide bonds. The van der Waals surface area contributed by atoms with Crippen molar-refractivity contribution in [2.75, 3.05) is 13.2 Å². The molecule has 10 nitrogen and oxygen atoms in total. The van der Waals surface area contributed by atoms with Crippen molar-refractivity contribution in [2.45, 2.75) is 89.5 Å². The van der Waals surface area contributed by atoms with E-state index in [2.05, 4.69) is 10.1 Å². The predicted octanol–water partition coefficient (Wildman–Crippen LogP) is 4.85. The molecule has 2 aromatic rings. The molecule has 0 bridgehead atoms. The van der Waals surface area contributed by atoms with Gasteiger partial charge in [-0.05, 0) is 69.4 Å². The number of sulfonamides is 1. The van der Waals surface area contributed by atoms with Gasteiger partial charge >= 0.3 is 5.97 Å². The highest BCUT2D eigenvalue weighted by Crippen LogP contribution is 2.38. The van der Waals surface area contributed by atoms with Gasteiger partial charge in [-0.1, -0.05) is 49.6 Å². The molecule has 0 radical (unpaired) electrons. The van der Waals surface area contributed by atoms with E-state index >= 15 is 0 Å². The number of hydrazone groups is 1. The SMILES string of the molecule is Cc1ccc(C(OCC(C=NC2CCCCC2)=NN)C(C)(C)C(=O)O)cc1CN1C[C@@H](C)Oc2ccccc2S1(=O)=O. The molecule has 1 heterocycles. The molecule has 1 saturated carbocycles. The molecule has 2 aliphatic rings. The van der Waals surface area contributed by atoms with E-state index in [1.807, 2.05) is 32.0 Å². The number of carboxylic acids is 1. The van der Waals surface area contributed by atoms with Gasteiger partial charge in [0.2, 0.25) is 10.0 Å². The number of benzene rings is 2. The average Bonchev–Trinajstić information content (AvgIpc) is 3.05. The normalized spacial score (nSPS) is 21.0. The van der Waals surface area contributed by atoms with Gasteiger partial charge in [-0.3, -0.25) is 9.79 Å². The Labute approximate surface area is 248 Å². The Morgan fingerprint density at radius 1 is 1.21 bits per heavy atom. The minimum Gasteiger partial charge on any atom is -0.488 e. The number of aliphatic carboxylic acids is 1. The molecule has 3 N–H and O–H groups in total. The Kier molecular flexibility index (Phi) is 10.1. The van der Waals surface area contributed by atoms with Crippen LogP contribution in [-0.4, -0.2) is 61.0 Å². The minimum absolute atomic E-state index is 0.0244. The van der Waals surface area contributed by atoms with Crippen LogP contribution in [-0.2, 0) is 26.1 Å². The minimum atomic E-state index is -3.84. The fourth-order valence-corrected chi connectivity index (χ4v) is 7.05. The number of nitrogens with zero attached hydrogens (tertiary/aromatic N) is 3. The molecule has 0 aromatic heterocycles. The third-order valence-electron chi connectivity index (χ3n) is 8.06. The lowest BCUT2D eigenvalue weighted by Gasteiger charge is -2.31. The lowest BCUT2D eigenvalue weighted by Crippen LogP contribution is -2.36. The fraction of sp³-hybridized carbons (Fsp3) is 0.516. The summed E-state index contributed by atoms with van der Waals surface area (Å²) in [7, 11) is -3.84. The van der Waals surface area contributed by atoms with E-state index in [1.165, 1.54) is 10.7 Å². The molecule has 0 spiro atoms. The maximum atomic E-state index is 13.6. The van der Waals surface area contributed by atoms with Gasteiger partial charge in [-0.2, -0.15) is 9.41 Å². The van der Waals surface area contributed by atoms with E-state index in [1.54, 1.807) is 44.3 Å². The van der Waals surface area contributed by atoms with Crippen LogP contribution in [0.4, 0.5) is 0 Å². The van der Waals surface area contributed by atoms with Gasteiger partial charge in [0.15, 0.2) is 0 Å². The molecule has 228 valence electrons. The Morgan fingerprint density at radius 2 is 1.93 bits per heavy atom. The largest absolute Gasteiger partial charge is 0.488 e. The van der Waals surface area contributed by atoms with Crippen molar-refractivity contribution in [3.63, 3.8) is 0 Å². The third-order valence-corrected chi connectivity index (χ3v) is 9.91. The van der Waals surface area contributed by atoms with Crippen LogP contribution >= 0.6 is 0 Å². The van der Waals surface area contributed by atoms with Gasteiger partial charge in [-0.15, -0.1) is 0 Å². The Morgan fingerprint density at radius 3 is 2.62 bits per heavy atom. The number of carbonyl (C=O) groups is 1. The van der Waals surface area contributed by atoms with Crippen LogP contribution < -0.4 is 10.6 Å². The first kappa shape index (κ1) is 31.7. The van der Waals surface area contributed by atoms with Crippen molar-refractivity contribution in [2.24, 2.45) is 21.4 Å². The highest BCUT2D eigenvalue weighted by molar-refractivity contribution is 7.89. The van der Waals surface area contributed by atoms with Crippen molar-refractivity contribution in [1.82, 2.24) is 4.31 Å². The smallest absolute Gasteiger partial charge is 0.312 e. The number of ether oxygens (including phenoxy) is 2. The summed E-state index contributed by atoms with van der Waals surface area (Å²) in [6.45, 7) is 7.17. The zero-order valence-corrected chi connectivity index (χ0v) is 25.6. The first-order valence-corrected chi connectivity index (χ1v) is 15.9. The number of aryl methyl sites for hydroxylation is 1. The van der Waals surface area contributed by atoms with Crippen LogP contribution in [0.2, 0.25) is 0 Å². The maximum absolute atomic E-state index is 13.6. The van der Waals surface area contributed by atoms with Crippen molar-refractivity contribution >= 4 is 27.9 Å². The molecule has 1 fully saturated rings. The Balaban J connectivity index is 1.61. The number of nitrogens with two attached hydrogens (primary N) is 1. The molecule has 2 atom stereocenters. The van der Waals surface area contributed by atoms with Gasteiger partial charge in [0.25, 0.3) is 0 Å². The molecular weight excluding hydrogens is 556 g/mol. The van der Waals surface area contributed by atoms with E-state index in [0.717, 1.165) is 36.8 Å². The van der Waals surface area contributed by atoms with E-state index < -0.39 is 27.5 Å². The Hall–Kier alpha value is -3.28. The van der Waals surface area contributed by atoms with Crippen molar-refractivity contribution in [3.05, 3.63) is 59.2 Å². The van der Waals surface area contributed by atoms with Crippen LogP contribution in [0.5, 0.6) is 5.75 Å². The number of hydrogen-bond acceptors (Lipinski definition) is 8. The predicted molar refractivity (Wildman–Crippen MR) is 162 cm³/mol. The van der Waals surface area contributed by atoms with E-state index in [9.17, 15) is 18.3 Å². The first-order valence-electron chi connectivity index (χ1n) is 14.4. The van der Waals surface area contributed by atoms with Gasteiger partial charge in [0, 0.05) is 18.8 Å². The van der Waals surface area contributed by atoms with Gasteiger partial charge in [-0.25, -0.2) is 8.42 Å². The molecule has 1 aliphatic carbocycles. The number of hydrogen-bond donors (Lipinski definition) is 2. The second-order valence-electron chi connectivity index (χ2n) is 11.8. The highest BCUT2D eigenvalue weighted by Gasteiger charge is 2.40. The summed E-state index contributed by atoms with van der Waals surface area (Å²) >= 11 is 0. The number of para-hydroxylation sites is 1. The molecule has 1 aliphatic heterocycles. The molecular formula is C31H42N4O6S. The summed E-state index contributed by atoms with van der Waals surface area (Å²) in [5, 5.41) is 13.9. The third kappa shape index (κ3) is 7.19. The summed E-state index contributed by atoms with van der Waals surface area (Å²) in [5.74, 6) is 4.94. The van der Waals surface area contributed by atoms with Crippen molar-refractivity contribution in [1.29, 1.82) is 0 Å². The summed E-state index contributed by atoms with van der Waals surface area (Å²) in [6, 6.07) is 12.4. The quantitative estimate of drug-likeness (QED) is 0.226. The van der Waals surface area contributed by atoms with Crippen LogP contribution in [0, 0.1) is 12.3 Å². The molecule has 11 heteroatoms. The molecule has 0 saturated heterocycles. The second kappa shape index (κ2) is 13.4.